The molecule has 0 amide bonds. The van der Waals surface area contributed by atoms with Gasteiger partial charge in [0.25, 0.3) is 0 Å². The first-order chi connectivity index (χ1) is 9.63. The molecule has 0 N–H and O–H groups in total. The van der Waals surface area contributed by atoms with Crippen molar-refractivity contribution in [3.05, 3.63) is 41.6 Å². The molecule has 4 nitrogen and oxygen atoms in total. The zero-order chi connectivity index (χ0) is 14.4. The molecule has 1 heterocycles. The Morgan fingerprint density at radius 3 is 2.55 bits per heavy atom. The van der Waals surface area contributed by atoms with Gasteiger partial charge in [-0.05, 0) is 44.8 Å². The van der Waals surface area contributed by atoms with Crippen LogP contribution in [0.3, 0.4) is 0 Å². The fourth-order valence-corrected chi connectivity index (χ4v) is 2.71. The number of hydrogen-bond donors (Lipinski definition) is 0. The Morgan fingerprint density at radius 2 is 1.90 bits per heavy atom. The van der Waals surface area contributed by atoms with Crippen molar-refractivity contribution in [2.24, 2.45) is 0 Å². The quantitative estimate of drug-likeness (QED) is 0.578. The zero-order valence-electron chi connectivity index (χ0n) is 12.3. The summed E-state index contributed by atoms with van der Waals surface area (Å²) in [5, 5.41) is 7.84. The van der Waals surface area contributed by atoms with E-state index in [0.717, 1.165) is 25.3 Å². The SMILES string of the molecule is Cc1ccc(SCCCN(C)Cc2nnc(C)o2)cc1. The van der Waals surface area contributed by atoms with Crippen molar-refractivity contribution >= 4 is 11.8 Å². The molecule has 0 unspecified atom stereocenters. The van der Waals surface area contributed by atoms with Crippen LogP contribution in [0.5, 0.6) is 0 Å². The molecule has 20 heavy (non-hydrogen) atoms. The topological polar surface area (TPSA) is 42.2 Å². The number of hydrogen-bond acceptors (Lipinski definition) is 5. The fraction of sp³-hybridized carbons (Fsp3) is 0.467. The van der Waals surface area contributed by atoms with Crippen LogP contribution in [0.15, 0.2) is 33.6 Å². The highest BCUT2D eigenvalue weighted by Crippen LogP contribution is 2.19. The molecule has 2 aromatic rings. The molecule has 2 rings (SSSR count). The second kappa shape index (κ2) is 7.45. The van der Waals surface area contributed by atoms with E-state index in [0.29, 0.717) is 11.8 Å². The average Bonchev–Trinajstić information content (AvgIpc) is 2.82. The van der Waals surface area contributed by atoms with Gasteiger partial charge in [0.15, 0.2) is 0 Å². The summed E-state index contributed by atoms with van der Waals surface area (Å²) >= 11 is 1.90. The predicted octanol–water partition coefficient (Wildman–Crippen LogP) is 3.30. The lowest BCUT2D eigenvalue weighted by atomic mass is 10.2. The summed E-state index contributed by atoms with van der Waals surface area (Å²) in [6.45, 7) is 5.67. The highest BCUT2D eigenvalue weighted by molar-refractivity contribution is 7.99. The third kappa shape index (κ3) is 4.98. The molecule has 5 heteroatoms. The summed E-state index contributed by atoms with van der Waals surface area (Å²) in [6, 6.07) is 8.69. The van der Waals surface area contributed by atoms with E-state index >= 15 is 0 Å². The van der Waals surface area contributed by atoms with Gasteiger partial charge in [0.2, 0.25) is 11.8 Å². The molecule has 0 atom stereocenters. The van der Waals surface area contributed by atoms with E-state index in [1.54, 1.807) is 0 Å². The molecule has 0 aliphatic carbocycles. The Labute approximate surface area is 124 Å². The minimum absolute atomic E-state index is 0.628. The summed E-state index contributed by atoms with van der Waals surface area (Å²) in [4.78, 5) is 3.55. The molecule has 0 spiro atoms. The Hall–Kier alpha value is -1.33. The van der Waals surface area contributed by atoms with Crippen molar-refractivity contribution in [1.82, 2.24) is 15.1 Å². The van der Waals surface area contributed by atoms with Gasteiger partial charge in [-0.1, -0.05) is 17.7 Å². The molecular weight excluding hydrogens is 270 g/mol. The van der Waals surface area contributed by atoms with Gasteiger partial charge in [-0.3, -0.25) is 4.90 Å². The van der Waals surface area contributed by atoms with Gasteiger partial charge in [0.05, 0.1) is 6.54 Å². The number of aromatic nitrogens is 2. The van der Waals surface area contributed by atoms with Crippen LogP contribution in [0.2, 0.25) is 0 Å². The van der Waals surface area contributed by atoms with Crippen LogP contribution >= 0.6 is 11.8 Å². The largest absolute Gasteiger partial charge is 0.424 e. The number of rotatable bonds is 7. The smallest absolute Gasteiger partial charge is 0.230 e. The normalized spacial score (nSPS) is 11.2. The molecule has 1 aromatic carbocycles. The maximum absolute atomic E-state index is 5.37. The first-order valence-electron chi connectivity index (χ1n) is 6.80. The van der Waals surface area contributed by atoms with Crippen LogP contribution in [0.25, 0.3) is 0 Å². The lowest BCUT2D eigenvalue weighted by Gasteiger charge is -2.13. The first kappa shape index (κ1) is 15.1. The Balaban J connectivity index is 1.64. The monoisotopic (exact) mass is 291 g/mol. The molecule has 1 aromatic heterocycles. The maximum atomic E-state index is 5.37. The summed E-state index contributed by atoms with van der Waals surface area (Å²) < 4.78 is 5.37. The number of nitrogens with zero attached hydrogens (tertiary/aromatic N) is 3. The molecule has 0 aliphatic rings. The Kier molecular flexibility index (Phi) is 5.61. The second-order valence-corrected chi connectivity index (χ2v) is 6.14. The lowest BCUT2D eigenvalue weighted by Crippen LogP contribution is -2.19. The van der Waals surface area contributed by atoms with Crippen molar-refractivity contribution in [3.8, 4) is 0 Å². The molecular formula is C15H21N3OS. The minimum atomic E-state index is 0.628. The van der Waals surface area contributed by atoms with Gasteiger partial charge in [0.1, 0.15) is 0 Å². The molecule has 108 valence electrons. The third-order valence-electron chi connectivity index (χ3n) is 2.95. The number of benzene rings is 1. The molecule has 0 aliphatic heterocycles. The molecule has 0 fully saturated rings. The van der Waals surface area contributed by atoms with E-state index in [1.807, 2.05) is 18.7 Å². The van der Waals surface area contributed by atoms with Crippen molar-refractivity contribution < 1.29 is 4.42 Å². The van der Waals surface area contributed by atoms with Crippen LogP contribution in [0.4, 0.5) is 0 Å². The fourth-order valence-electron chi connectivity index (χ4n) is 1.87. The van der Waals surface area contributed by atoms with Crippen molar-refractivity contribution in [2.45, 2.75) is 31.7 Å². The van der Waals surface area contributed by atoms with Gasteiger partial charge in [-0.25, -0.2) is 0 Å². The van der Waals surface area contributed by atoms with Gasteiger partial charge < -0.3 is 4.42 Å². The van der Waals surface area contributed by atoms with Crippen molar-refractivity contribution in [2.75, 3.05) is 19.3 Å². The van der Waals surface area contributed by atoms with E-state index in [1.165, 1.54) is 10.5 Å². The maximum Gasteiger partial charge on any atom is 0.230 e. The second-order valence-electron chi connectivity index (χ2n) is 4.97. The molecule has 0 radical (unpaired) electrons. The van der Waals surface area contributed by atoms with Crippen LogP contribution in [-0.2, 0) is 6.54 Å². The van der Waals surface area contributed by atoms with Crippen LogP contribution in [0, 0.1) is 13.8 Å². The van der Waals surface area contributed by atoms with Crippen LogP contribution < -0.4 is 0 Å². The predicted molar refractivity (Wildman–Crippen MR) is 81.9 cm³/mol. The standard InChI is InChI=1S/C15H21N3OS/c1-12-5-7-14(8-6-12)20-10-4-9-18(3)11-15-17-16-13(2)19-15/h5-8H,4,9-11H2,1-3H3. The summed E-state index contributed by atoms with van der Waals surface area (Å²) in [5.41, 5.74) is 1.31. The van der Waals surface area contributed by atoms with Gasteiger partial charge >= 0.3 is 0 Å². The minimum Gasteiger partial charge on any atom is -0.424 e. The van der Waals surface area contributed by atoms with E-state index in [9.17, 15) is 0 Å². The summed E-state index contributed by atoms with van der Waals surface area (Å²) in [7, 11) is 2.08. The zero-order valence-corrected chi connectivity index (χ0v) is 13.1. The first-order valence-corrected chi connectivity index (χ1v) is 7.79. The van der Waals surface area contributed by atoms with Gasteiger partial charge in [-0.15, -0.1) is 22.0 Å². The summed E-state index contributed by atoms with van der Waals surface area (Å²) in [6.07, 6.45) is 1.14. The van der Waals surface area contributed by atoms with E-state index in [2.05, 4.69) is 53.3 Å². The van der Waals surface area contributed by atoms with E-state index < -0.39 is 0 Å². The molecule has 0 saturated carbocycles. The van der Waals surface area contributed by atoms with Crippen LogP contribution in [-0.4, -0.2) is 34.4 Å². The average molecular weight is 291 g/mol. The number of aryl methyl sites for hydroxylation is 2. The highest BCUT2D eigenvalue weighted by atomic mass is 32.2. The number of thioether (sulfide) groups is 1. The van der Waals surface area contributed by atoms with E-state index in [-0.39, 0.29) is 0 Å². The van der Waals surface area contributed by atoms with Crippen molar-refractivity contribution in [3.63, 3.8) is 0 Å². The Morgan fingerprint density at radius 1 is 1.15 bits per heavy atom. The Bertz CT molecular complexity index is 524. The van der Waals surface area contributed by atoms with Crippen molar-refractivity contribution in [1.29, 1.82) is 0 Å². The van der Waals surface area contributed by atoms with Gasteiger partial charge in [0, 0.05) is 11.8 Å². The highest BCUT2D eigenvalue weighted by Gasteiger charge is 2.06. The van der Waals surface area contributed by atoms with E-state index in [4.69, 9.17) is 4.42 Å². The molecule has 0 saturated heterocycles. The van der Waals surface area contributed by atoms with Gasteiger partial charge in [-0.2, -0.15) is 0 Å². The summed E-state index contributed by atoms with van der Waals surface area (Å²) in [5.74, 6) is 2.44. The lowest BCUT2D eigenvalue weighted by molar-refractivity contribution is 0.287. The third-order valence-corrected chi connectivity index (χ3v) is 4.05. The van der Waals surface area contributed by atoms with Crippen LogP contribution in [0.1, 0.15) is 23.8 Å². The molecule has 0 bridgehead atoms.